The van der Waals surface area contributed by atoms with E-state index in [0.29, 0.717) is 18.3 Å². The van der Waals surface area contributed by atoms with E-state index in [2.05, 4.69) is 15.0 Å². The van der Waals surface area contributed by atoms with Crippen LogP contribution in [0.4, 0.5) is 0 Å². The molecule has 0 bridgehead atoms. The molecule has 0 aromatic carbocycles. The van der Waals surface area contributed by atoms with Gasteiger partial charge in [0.05, 0.1) is 11.7 Å². The van der Waals surface area contributed by atoms with Crippen LogP contribution in [0.15, 0.2) is 4.52 Å². The molecule has 2 heterocycles. The van der Waals surface area contributed by atoms with Gasteiger partial charge in [0, 0.05) is 19.3 Å². The van der Waals surface area contributed by atoms with Gasteiger partial charge in [-0.05, 0) is 26.3 Å². The molecule has 0 saturated carbocycles. The topological polar surface area (TPSA) is 76.3 Å². The van der Waals surface area contributed by atoms with Gasteiger partial charge in [0.15, 0.2) is 5.82 Å². The Bertz CT molecular complexity index is 497. The minimum atomic E-state index is -2.89. The van der Waals surface area contributed by atoms with Gasteiger partial charge in [-0.25, -0.2) is 8.42 Å². The van der Waals surface area contributed by atoms with E-state index in [4.69, 9.17) is 4.52 Å². The second-order valence-corrected chi connectivity index (χ2v) is 7.21. The van der Waals surface area contributed by atoms with E-state index in [1.54, 1.807) is 6.92 Å². The number of aryl methyl sites for hydroxylation is 1. The van der Waals surface area contributed by atoms with Crippen molar-refractivity contribution in [3.05, 3.63) is 11.7 Å². The molecule has 6 nitrogen and oxygen atoms in total. The number of nitrogens with zero attached hydrogens (tertiary/aromatic N) is 3. The SMILES string of the molecule is Cc1noc(C2CCCN(CCS(C)(=O)=O)C2)n1. The minimum absolute atomic E-state index is 0.211. The van der Waals surface area contributed by atoms with Crippen molar-refractivity contribution in [3.8, 4) is 0 Å². The van der Waals surface area contributed by atoms with Crippen LogP contribution in [0.25, 0.3) is 0 Å². The van der Waals surface area contributed by atoms with Crippen LogP contribution in [0.3, 0.4) is 0 Å². The second-order valence-electron chi connectivity index (χ2n) is 4.95. The van der Waals surface area contributed by atoms with Crippen LogP contribution < -0.4 is 0 Å². The zero-order chi connectivity index (χ0) is 13.2. The van der Waals surface area contributed by atoms with E-state index in [1.165, 1.54) is 6.26 Å². The standard InChI is InChI=1S/C11H19N3O3S/c1-9-12-11(17-13-9)10-4-3-5-14(8-10)6-7-18(2,15)16/h10H,3-8H2,1-2H3. The molecule has 0 spiro atoms. The van der Waals surface area contributed by atoms with Crippen molar-refractivity contribution in [2.24, 2.45) is 0 Å². The summed E-state index contributed by atoms with van der Waals surface area (Å²) in [4.78, 5) is 6.42. The summed E-state index contributed by atoms with van der Waals surface area (Å²) < 4.78 is 27.5. The van der Waals surface area contributed by atoms with E-state index in [-0.39, 0.29) is 11.7 Å². The van der Waals surface area contributed by atoms with Gasteiger partial charge in [-0.3, -0.25) is 0 Å². The Morgan fingerprint density at radius 1 is 1.50 bits per heavy atom. The molecule has 1 aliphatic heterocycles. The number of likely N-dealkylation sites (tertiary alicyclic amines) is 1. The lowest BCUT2D eigenvalue weighted by Crippen LogP contribution is -2.37. The van der Waals surface area contributed by atoms with E-state index in [0.717, 1.165) is 25.9 Å². The third kappa shape index (κ3) is 3.78. The second kappa shape index (κ2) is 5.36. The fourth-order valence-corrected chi connectivity index (χ4v) is 2.82. The Morgan fingerprint density at radius 3 is 2.89 bits per heavy atom. The van der Waals surface area contributed by atoms with Crippen LogP contribution in [0.1, 0.15) is 30.5 Å². The number of sulfone groups is 1. The van der Waals surface area contributed by atoms with Gasteiger partial charge in [0.1, 0.15) is 9.84 Å². The summed E-state index contributed by atoms with van der Waals surface area (Å²) >= 11 is 0. The molecule has 102 valence electrons. The highest BCUT2D eigenvalue weighted by Crippen LogP contribution is 2.25. The van der Waals surface area contributed by atoms with Gasteiger partial charge in [0.25, 0.3) is 0 Å². The fourth-order valence-electron chi connectivity index (χ4n) is 2.23. The summed E-state index contributed by atoms with van der Waals surface area (Å²) in [6.07, 6.45) is 3.34. The average molecular weight is 273 g/mol. The number of hydrogen-bond acceptors (Lipinski definition) is 6. The molecule has 1 atom stereocenters. The van der Waals surface area contributed by atoms with Crippen LogP contribution in [-0.2, 0) is 9.84 Å². The molecular weight excluding hydrogens is 254 g/mol. The first-order chi connectivity index (χ1) is 8.44. The van der Waals surface area contributed by atoms with Crippen molar-refractivity contribution >= 4 is 9.84 Å². The zero-order valence-electron chi connectivity index (χ0n) is 10.8. The Hall–Kier alpha value is -0.950. The zero-order valence-corrected chi connectivity index (χ0v) is 11.6. The van der Waals surface area contributed by atoms with Gasteiger partial charge < -0.3 is 9.42 Å². The van der Waals surface area contributed by atoms with E-state index < -0.39 is 9.84 Å². The summed E-state index contributed by atoms with van der Waals surface area (Å²) in [5.41, 5.74) is 0. The molecule has 1 unspecified atom stereocenters. The quantitative estimate of drug-likeness (QED) is 0.799. The molecule has 1 aromatic rings. The maximum absolute atomic E-state index is 11.2. The van der Waals surface area contributed by atoms with Crippen molar-refractivity contribution in [1.29, 1.82) is 0 Å². The number of piperidine rings is 1. The van der Waals surface area contributed by atoms with Crippen molar-refractivity contribution in [2.75, 3.05) is 31.6 Å². The fraction of sp³-hybridized carbons (Fsp3) is 0.818. The lowest BCUT2D eigenvalue weighted by Gasteiger charge is -2.30. The first kappa shape index (κ1) is 13.5. The first-order valence-electron chi connectivity index (χ1n) is 6.14. The van der Waals surface area contributed by atoms with Crippen LogP contribution in [0.5, 0.6) is 0 Å². The summed E-state index contributed by atoms with van der Waals surface area (Å²) in [5, 5.41) is 3.80. The monoisotopic (exact) mass is 273 g/mol. The van der Waals surface area contributed by atoms with Gasteiger partial charge in [-0.2, -0.15) is 4.98 Å². The predicted octanol–water partition coefficient (Wildman–Crippen LogP) is 0.602. The molecule has 1 aromatic heterocycles. The maximum Gasteiger partial charge on any atom is 0.231 e. The van der Waals surface area contributed by atoms with Crippen molar-refractivity contribution in [1.82, 2.24) is 15.0 Å². The molecule has 1 saturated heterocycles. The molecule has 7 heteroatoms. The molecular formula is C11H19N3O3S. The van der Waals surface area contributed by atoms with Crippen LogP contribution in [-0.4, -0.2) is 55.1 Å². The Morgan fingerprint density at radius 2 is 2.28 bits per heavy atom. The average Bonchev–Trinajstić information content (AvgIpc) is 2.73. The van der Waals surface area contributed by atoms with Crippen molar-refractivity contribution in [3.63, 3.8) is 0 Å². The largest absolute Gasteiger partial charge is 0.339 e. The summed E-state index contributed by atoms with van der Waals surface area (Å²) in [6, 6.07) is 0. The highest BCUT2D eigenvalue weighted by Gasteiger charge is 2.25. The number of aromatic nitrogens is 2. The summed E-state index contributed by atoms with van der Waals surface area (Å²) in [5.74, 6) is 1.78. The molecule has 0 radical (unpaired) electrons. The first-order valence-corrected chi connectivity index (χ1v) is 8.20. The third-order valence-electron chi connectivity index (χ3n) is 3.18. The van der Waals surface area contributed by atoms with Crippen LogP contribution in [0, 0.1) is 6.92 Å². The van der Waals surface area contributed by atoms with E-state index in [1.807, 2.05) is 0 Å². The molecule has 0 amide bonds. The van der Waals surface area contributed by atoms with Crippen molar-refractivity contribution < 1.29 is 12.9 Å². The number of rotatable bonds is 4. The van der Waals surface area contributed by atoms with Crippen LogP contribution in [0.2, 0.25) is 0 Å². The minimum Gasteiger partial charge on any atom is -0.339 e. The molecule has 0 N–H and O–H groups in total. The van der Waals surface area contributed by atoms with Crippen LogP contribution >= 0.6 is 0 Å². The maximum atomic E-state index is 11.2. The number of hydrogen-bond donors (Lipinski definition) is 0. The van der Waals surface area contributed by atoms with Gasteiger partial charge in [-0.1, -0.05) is 5.16 Å². The smallest absolute Gasteiger partial charge is 0.231 e. The Labute approximate surface area is 107 Å². The van der Waals surface area contributed by atoms with Gasteiger partial charge in [-0.15, -0.1) is 0 Å². The molecule has 1 fully saturated rings. The molecule has 1 aliphatic rings. The third-order valence-corrected chi connectivity index (χ3v) is 4.10. The van der Waals surface area contributed by atoms with Crippen molar-refractivity contribution in [2.45, 2.75) is 25.7 Å². The van der Waals surface area contributed by atoms with E-state index >= 15 is 0 Å². The van der Waals surface area contributed by atoms with Gasteiger partial charge in [0.2, 0.25) is 5.89 Å². The Balaban J connectivity index is 1.92. The lowest BCUT2D eigenvalue weighted by atomic mass is 9.98. The Kier molecular flexibility index (Phi) is 4.01. The molecule has 18 heavy (non-hydrogen) atoms. The molecule has 0 aliphatic carbocycles. The lowest BCUT2D eigenvalue weighted by molar-refractivity contribution is 0.195. The van der Waals surface area contributed by atoms with E-state index in [9.17, 15) is 8.42 Å². The highest BCUT2D eigenvalue weighted by atomic mass is 32.2. The van der Waals surface area contributed by atoms with Gasteiger partial charge >= 0.3 is 0 Å². The highest BCUT2D eigenvalue weighted by molar-refractivity contribution is 7.90. The summed E-state index contributed by atoms with van der Waals surface area (Å²) in [7, 11) is -2.89. The summed E-state index contributed by atoms with van der Waals surface area (Å²) in [6.45, 7) is 4.13. The predicted molar refractivity (Wildman–Crippen MR) is 67.2 cm³/mol. The normalized spacial score (nSPS) is 22.2. The molecule has 2 rings (SSSR count).